The molecule has 0 aliphatic carbocycles. The molecule has 0 aliphatic rings. The van der Waals surface area contributed by atoms with E-state index in [4.69, 9.17) is 0 Å². The van der Waals surface area contributed by atoms with Crippen molar-refractivity contribution in [2.24, 2.45) is 0 Å². The number of benzene rings is 10. The second-order valence-corrected chi connectivity index (χ2v) is 17.4. The lowest BCUT2D eigenvalue weighted by Crippen LogP contribution is -2.10. The summed E-state index contributed by atoms with van der Waals surface area (Å²) in [6, 6.07) is 78.1. The lowest BCUT2D eigenvalue weighted by atomic mass is 9.97. The maximum Gasteiger partial charge on any atom is 0.0640 e. The standard InChI is InChI=1S/C56H35NS2/c1-2-10-38(11-3-1)47-15-8-16-49-50-17-9-18-52(56(50)59-55(47)49)57(44-30-24-37(25-31-44)41-27-33-54-51(35-41)48-14-6-7-19-53(48)58-54)43-28-22-36(23-29-43)40-26-32-46-42(34-40)21-20-39-12-4-5-13-45(39)46/h1-35H. The third-order valence-electron chi connectivity index (χ3n) is 11.9. The van der Waals surface area contributed by atoms with Crippen molar-refractivity contribution < 1.29 is 0 Å². The van der Waals surface area contributed by atoms with Gasteiger partial charge < -0.3 is 4.90 Å². The summed E-state index contributed by atoms with van der Waals surface area (Å²) in [7, 11) is 0. The fraction of sp³-hybridized carbons (Fsp3) is 0. The van der Waals surface area contributed by atoms with Crippen LogP contribution in [0.2, 0.25) is 0 Å². The highest BCUT2D eigenvalue weighted by molar-refractivity contribution is 7.27. The highest BCUT2D eigenvalue weighted by Crippen LogP contribution is 2.47. The van der Waals surface area contributed by atoms with Crippen LogP contribution in [0.3, 0.4) is 0 Å². The Morgan fingerprint density at radius 2 is 0.864 bits per heavy atom. The van der Waals surface area contributed by atoms with Crippen molar-refractivity contribution in [2.45, 2.75) is 0 Å². The number of fused-ring (bicyclic) bond motifs is 9. The van der Waals surface area contributed by atoms with Gasteiger partial charge in [-0.2, -0.15) is 0 Å². The summed E-state index contributed by atoms with van der Waals surface area (Å²) in [5.74, 6) is 0. The molecule has 0 amide bonds. The van der Waals surface area contributed by atoms with Gasteiger partial charge in [-0.1, -0.05) is 158 Å². The van der Waals surface area contributed by atoms with Crippen LogP contribution in [0.4, 0.5) is 17.1 Å². The molecule has 0 spiro atoms. The number of hydrogen-bond donors (Lipinski definition) is 0. The summed E-state index contributed by atoms with van der Waals surface area (Å²) in [4.78, 5) is 2.44. The Hall–Kier alpha value is -7.04. The fourth-order valence-electron chi connectivity index (χ4n) is 8.96. The van der Waals surface area contributed by atoms with Gasteiger partial charge >= 0.3 is 0 Å². The predicted molar refractivity (Wildman–Crippen MR) is 258 cm³/mol. The van der Waals surface area contributed by atoms with E-state index < -0.39 is 0 Å². The molecule has 0 radical (unpaired) electrons. The first-order valence-electron chi connectivity index (χ1n) is 20.1. The zero-order valence-corrected chi connectivity index (χ0v) is 33.6. The van der Waals surface area contributed by atoms with Gasteiger partial charge in [0.15, 0.2) is 0 Å². The largest absolute Gasteiger partial charge is 0.309 e. The second-order valence-electron chi connectivity index (χ2n) is 15.3. The Morgan fingerprint density at radius 1 is 0.288 bits per heavy atom. The van der Waals surface area contributed by atoms with Gasteiger partial charge in [-0.3, -0.25) is 0 Å². The molecular formula is C56H35NS2. The number of rotatable bonds is 6. The first-order chi connectivity index (χ1) is 29.2. The normalized spacial score (nSPS) is 11.7. The quantitative estimate of drug-likeness (QED) is 0.152. The maximum absolute atomic E-state index is 2.44. The molecule has 12 aromatic rings. The lowest BCUT2D eigenvalue weighted by molar-refractivity contribution is 1.30. The van der Waals surface area contributed by atoms with Gasteiger partial charge in [0.2, 0.25) is 0 Å². The van der Waals surface area contributed by atoms with Gasteiger partial charge in [0.05, 0.1) is 10.4 Å². The van der Waals surface area contributed by atoms with E-state index in [-0.39, 0.29) is 0 Å². The van der Waals surface area contributed by atoms with Crippen LogP contribution in [0, 0.1) is 0 Å². The van der Waals surface area contributed by atoms with Crippen molar-refractivity contribution in [1.29, 1.82) is 0 Å². The van der Waals surface area contributed by atoms with Gasteiger partial charge in [-0.05, 0) is 110 Å². The van der Waals surface area contributed by atoms with Crippen LogP contribution < -0.4 is 4.90 Å². The molecule has 0 atom stereocenters. The molecule has 0 aliphatic heterocycles. The molecule has 0 saturated heterocycles. The van der Waals surface area contributed by atoms with E-state index in [0.717, 1.165) is 11.4 Å². The first-order valence-corrected chi connectivity index (χ1v) is 21.7. The molecule has 0 unspecified atom stereocenters. The fourth-order valence-corrected chi connectivity index (χ4v) is 11.4. The molecule has 0 N–H and O–H groups in total. The van der Waals surface area contributed by atoms with E-state index in [2.05, 4.69) is 217 Å². The number of thiophene rings is 2. The average Bonchev–Trinajstić information content (AvgIpc) is 3.88. The molecule has 59 heavy (non-hydrogen) atoms. The van der Waals surface area contributed by atoms with Crippen LogP contribution in [0.1, 0.15) is 0 Å². The van der Waals surface area contributed by atoms with Crippen LogP contribution in [0.5, 0.6) is 0 Å². The zero-order chi connectivity index (χ0) is 38.9. The van der Waals surface area contributed by atoms with Crippen molar-refractivity contribution in [3.8, 4) is 33.4 Å². The summed E-state index contributed by atoms with van der Waals surface area (Å²) in [6.45, 7) is 0. The van der Waals surface area contributed by atoms with Crippen LogP contribution in [0.15, 0.2) is 212 Å². The molecule has 276 valence electrons. The summed E-state index contributed by atoms with van der Waals surface area (Å²) in [6.07, 6.45) is 0. The minimum absolute atomic E-state index is 1.12. The van der Waals surface area contributed by atoms with E-state index in [1.165, 1.54) is 101 Å². The maximum atomic E-state index is 2.44. The van der Waals surface area contributed by atoms with Gasteiger partial charge in [0, 0.05) is 47.0 Å². The Bertz CT molecular complexity index is 3540. The summed E-state index contributed by atoms with van der Waals surface area (Å²) in [5.41, 5.74) is 10.8. The molecule has 10 aromatic carbocycles. The van der Waals surface area contributed by atoms with Gasteiger partial charge in [-0.15, -0.1) is 22.7 Å². The smallest absolute Gasteiger partial charge is 0.0640 e. The van der Waals surface area contributed by atoms with Crippen molar-refractivity contribution >= 4 is 102 Å². The third kappa shape index (κ3) is 5.73. The molecule has 0 bridgehead atoms. The molecule has 0 fully saturated rings. The van der Waals surface area contributed by atoms with E-state index in [1.807, 2.05) is 22.7 Å². The zero-order valence-electron chi connectivity index (χ0n) is 32.0. The number of nitrogens with zero attached hydrogens (tertiary/aromatic N) is 1. The van der Waals surface area contributed by atoms with Gasteiger partial charge in [-0.25, -0.2) is 0 Å². The number of anilines is 3. The number of hydrogen-bond acceptors (Lipinski definition) is 3. The Kier molecular flexibility index (Phi) is 7.97. The third-order valence-corrected chi connectivity index (χ3v) is 14.3. The van der Waals surface area contributed by atoms with Crippen molar-refractivity contribution in [3.05, 3.63) is 212 Å². The van der Waals surface area contributed by atoms with Crippen LogP contribution in [-0.4, -0.2) is 0 Å². The lowest BCUT2D eigenvalue weighted by Gasteiger charge is -2.26. The van der Waals surface area contributed by atoms with Gasteiger partial charge in [0.1, 0.15) is 0 Å². The topological polar surface area (TPSA) is 3.24 Å². The van der Waals surface area contributed by atoms with Crippen molar-refractivity contribution in [1.82, 2.24) is 0 Å². The molecule has 3 heteroatoms. The van der Waals surface area contributed by atoms with E-state index >= 15 is 0 Å². The summed E-state index contributed by atoms with van der Waals surface area (Å²) >= 11 is 3.75. The monoisotopic (exact) mass is 785 g/mol. The Morgan fingerprint density at radius 3 is 1.66 bits per heavy atom. The Labute approximate surface area is 350 Å². The van der Waals surface area contributed by atoms with Crippen molar-refractivity contribution in [3.63, 3.8) is 0 Å². The molecule has 1 nitrogen and oxygen atoms in total. The average molecular weight is 786 g/mol. The minimum atomic E-state index is 1.12. The van der Waals surface area contributed by atoms with E-state index in [9.17, 15) is 0 Å². The van der Waals surface area contributed by atoms with Crippen LogP contribution in [0.25, 0.3) is 95.3 Å². The minimum Gasteiger partial charge on any atom is -0.309 e. The summed E-state index contributed by atoms with van der Waals surface area (Å²) in [5, 5.41) is 10.3. The first kappa shape index (κ1) is 34.0. The SMILES string of the molecule is c1ccc(-c2cccc3c2sc2c(N(c4ccc(-c5ccc6c(ccc7ccccc76)c5)cc4)c4ccc(-c5ccc6sc7ccccc7c6c5)cc4)cccc23)cc1. The molecule has 0 saturated carbocycles. The van der Waals surface area contributed by atoms with Gasteiger partial charge in [0.25, 0.3) is 0 Å². The molecular weight excluding hydrogens is 751 g/mol. The highest BCUT2D eigenvalue weighted by Gasteiger charge is 2.20. The van der Waals surface area contributed by atoms with Crippen molar-refractivity contribution in [2.75, 3.05) is 4.90 Å². The van der Waals surface area contributed by atoms with Crippen LogP contribution in [-0.2, 0) is 0 Å². The summed E-state index contributed by atoms with van der Waals surface area (Å²) < 4.78 is 5.24. The van der Waals surface area contributed by atoms with E-state index in [1.54, 1.807) is 0 Å². The van der Waals surface area contributed by atoms with Crippen LogP contribution >= 0.6 is 22.7 Å². The molecule has 2 heterocycles. The molecule has 2 aromatic heterocycles. The Balaban J connectivity index is 0.988. The van der Waals surface area contributed by atoms with E-state index in [0.29, 0.717) is 0 Å². The molecule has 12 rings (SSSR count). The predicted octanol–water partition coefficient (Wildman–Crippen LogP) is 17.2. The highest BCUT2D eigenvalue weighted by atomic mass is 32.1. The second kappa shape index (κ2) is 13.8.